The molecule has 0 fully saturated rings. The molecule has 126 valence electrons. The van der Waals surface area contributed by atoms with Crippen molar-refractivity contribution in [3.63, 3.8) is 0 Å². The lowest BCUT2D eigenvalue weighted by Crippen LogP contribution is -2.31. The number of nitrogens with one attached hydrogen (secondary N) is 1. The highest BCUT2D eigenvalue weighted by atomic mass is 32.1. The molecule has 0 spiro atoms. The van der Waals surface area contributed by atoms with Gasteiger partial charge >= 0.3 is 0 Å². The number of rotatable bonds is 3. The molecule has 3 heterocycles. The van der Waals surface area contributed by atoms with Crippen molar-refractivity contribution in [3.8, 4) is 0 Å². The normalized spacial score (nSPS) is 15.6. The van der Waals surface area contributed by atoms with Crippen molar-refractivity contribution in [2.24, 2.45) is 0 Å². The van der Waals surface area contributed by atoms with Crippen LogP contribution in [0.25, 0.3) is 15.9 Å². The minimum Gasteiger partial charge on any atom is -0.392 e. The van der Waals surface area contributed by atoms with E-state index in [1.165, 1.54) is 23.3 Å². The second kappa shape index (κ2) is 5.78. The Balaban J connectivity index is 1.86. The summed E-state index contributed by atoms with van der Waals surface area (Å²) in [6.07, 6.45) is 3.91. The molecule has 24 heavy (non-hydrogen) atoms. The van der Waals surface area contributed by atoms with Crippen molar-refractivity contribution < 1.29 is 9.90 Å². The van der Waals surface area contributed by atoms with Crippen LogP contribution >= 0.6 is 11.3 Å². The molecule has 3 aromatic rings. The Morgan fingerprint density at radius 3 is 2.96 bits per heavy atom. The molecule has 1 aliphatic carbocycles. The van der Waals surface area contributed by atoms with E-state index >= 15 is 0 Å². The number of aryl methyl sites for hydroxylation is 3. The molecule has 0 unspecified atom stereocenters. The lowest BCUT2D eigenvalue weighted by atomic mass is 9.97. The summed E-state index contributed by atoms with van der Waals surface area (Å²) < 4.78 is 1.65. The molecule has 0 aromatic carbocycles. The third kappa shape index (κ3) is 2.46. The molecule has 8 heteroatoms. The predicted octanol–water partition coefficient (Wildman–Crippen LogP) is 1.64. The van der Waals surface area contributed by atoms with Crippen molar-refractivity contribution in [2.75, 3.05) is 6.54 Å². The molecule has 0 radical (unpaired) electrons. The fourth-order valence-electron chi connectivity index (χ4n) is 3.17. The van der Waals surface area contributed by atoms with Crippen LogP contribution in [0, 0.1) is 6.92 Å². The molecular formula is C16H19N5O2S. The molecule has 0 saturated heterocycles. The van der Waals surface area contributed by atoms with Gasteiger partial charge in [0, 0.05) is 11.4 Å². The number of aliphatic hydroxyl groups is 1. The van der Waals surface area contributed by atoms with Crippen LogP contribution in [0.15, 0.2) is 0 Å². The number of nitrogens with zero attached hydrogens (tertiary/aromatic N) is 4. The molecular weight excluding hydrogens is 326 g/mol. The molecule has 7 nitrogen and oxygen atoms in total. The number of thiophene rings is 1. The van der Waals surface area contributed by atoms with Crippen LogP contribution in [-0.4, -0.2) is 43.2 Å². The summed E-state index contributed by atoms with van der Waals surface area (Å²) >= 11 is 1.73. The summed E-state index contributed by atoms with van der Waals surface area (Å²) in [6.45, 7) is 3.67. The highest BCUT2D eigenvalue weighted by Gasteiger charge is 2.23. The Morgan fingerprint density at radius 1 is 1.38 bits per heavy atom. The standard InChI is InChI=1S/C16H19N5O2S/c1-8(22)7-17-15(23)13-19-14-12-10-5-3-4-6-11(10)24-16(12)18-9(2)21(14)20-13/h8,22H,3-7H2,1-2H3,(H,17,23)/t8-/m0/s1. The maximum absolute atomic E-state index is 12.2. The maximum Gasteiger partial charge on any atom is 0.291 e. The Morgan fingerprint density at radius 2 is 2.17 bits per heavy atom. The van der Waals surface area contributed by atoms with Crippen LogP contribution in [0.1, 0.15) is 46.6 Å². The van der Waals surface area contributed by atoms with Gasteiger partial charge < -0.3 is 10.4 Å². The van der Waals surface area contributed by atoms with Gasteiger partial charge in [0.25, 0.3) is 5.91 Å². The van der Waals surface area contributed by atoms with Gasteiger partial charge in [-0.25, -0.2) is 9.97 Å². The van der Waals surface area contributed by atoms with E-state index in [1.807, 2.05) is 6.92 Å². The second-order valence-corrected chi connectivity index (χ2v) is 7.36. The predicted molar refractivity (Wildman–Crippen MR) is 91.6 cm³/mol. The van der Waals surface area contributed by atoms with Gasteiger partial charge in [-0.1, -0.05) is 0 Å². The van der Waals surface area contributed by atoms with Crippen molar-refractivity contribution in [1.82, 2.24) is 24.9 Å². The SMILES string of the molecule is Cc1nc2sc3c(c2c2nc(C(=O)NC[C@H](C)O)nn12)CCCC3. The number of amides is 1. The fraction of sp³-hybridized carbons (Fsp3) is 0.500. The van der Waals surface area contributed by atoms with Crippen LogP contribution in [0.3, 0.4) is 0 Å². The molecule has 3 aromatic heterocycles. The average molecular weight is 345 g/mol. The Bertz CT molecular complexity index is 943. The van der Waals surface area contributed by atoms with E-state index in [4.69, 9.17) is 0 Å². The van der Waals surface area contributed by atoms with Gasteiger partial charge in [0.2, 0.25) is 5.82 Å². The van der Waals surface area contributed by atoms with Crippen LogP contribution in [-0.2, 0) is 12.8 Å². The van der Waals surface area contributed by atoms with Gasteiger partial charge in [0.15, 0.2) is 5.65 Å². The van der Waals surface area contributed by atoms with Gasteiger partial charge in [-0.3, -0.25) is 4.79 Å². The Kier molecular flexibility index (Phi) is 3.73. The summed E-state index contributed by atoms with van der Waals surface area (Å²) in [5, 5.41) is 17.3. The minimum absolute atomic E-state index is 0.115. The van der Waals surface area contributed by atoms with Crippen LogP contribution in [0.2, 0.25) is 0 Å². The quantitative estimate of drug-likeness (QED) is 0.753. The molecule has 2 N–H and O–H groups in total. The fourth-order valence-corrected chi connectivity index (χ4v) is 4.47. The zero-order valence-electron chi connectivity index (χ0n) is 13.7. The van der Waals surface area contributed by atoms with Crippen molar-refractivity contribution >= 4 is 33.1 Å². The third-order valence-electron chi connectivity index (χ3n) is 4.31. The van der Waals surface area contributed by atoms with Gasteiger partial charge in [-0.15, -0.1) is 16.4 Å². The number of hydrogen-bond donors (Lipinski definition) is 2. The first-order valence-electron chi connectivity index (χ1n) is 8.18. The van der Waals surface area contributed by atoms with E-state index in [9.17, 15) is 9.90 Å². The van der Waals surface area contributed by atoms with E-state index in [0.717, 1.165) is 28.9 Å². The minimum atomic E-state index is -0.606. The van der Waals surface area contributed by atoms with Crippen LogP contribution in [0.5, 0.6) is 0 Å². The molecule has 1 aliphatic rings. The Hall–Kier alpha value is -2.06. The van der Waals surface area contributed by atoms with Gasteiger partial charge in [-0.2, -0.15) is 4.52 Å². The monoisotopic (exact) mass is 345 g/mol. The molecule has 0 saturated carbocycles. The van der Waals surface area contributed by atoms with Crippen molar-refractivity contribution in [3.05, 3.63) is 22.1 Å². The maximum atomic E-state index is 12.2. The number of carbonyl (C=O) groups excluding carboxylic acids is 1. The summed E-state index contributed by atoms with van der Waals surface area (Å²) in [5.74, 6) is 0.457. The lowest BCUT2D eigenvalue weighted by Gasteiger charge is -2.10. The van der Waals surface area contributed by atoms with Gasteiger partial charge in [0.1, 0.15) is 10.7 Å². The Labute approximate surface area is 142 Å². The molecule has 1 amide bonds. The number of hydrogen-bond acceptors (Lipinski definition) is 6. The molecule has 0 aliphatic heterocycles. The lowest BCUT2D eigenvalue weighted by molar-refractivity contribution is 0.0914. The van der Waals surface area contributed by atoms with Crippen molar-refractivity contribution in [2.45, 2.75) is 45.6 Å². The first kappa shape index (κ1) is 15.5. The van der Waals surface area contributed by atoms with E-state index < -0.39 is 6.10 Å². The van der Waals surface area contributed by atoms with E-state index in [0.29, 0.717) is 5.65 Å². The molecule has 4 rings (SSSR count). The highest BCUT2D eigenvalue weighted by molar-refractivity contribution is 7.19. The largest absolute Gasteiger partial charge is 0.392 e. The zero-order valence-corrected chi connectivity index (χ0v) is 14.5. The topological polar surface area (TPSA) is 92.4 Å². The number of fused-ring (bicyclic) bond motifs is 5. The summed E-state index contributed by atoms with van der Waals surface area (Å²) in [5.41, 5.74) is 2.03. The summed E-state index contributed by atoms with van der Waals surface area (Å²) in [6, 6.07) is 0. The average Bonchev–Trinajstić information content (AvgIpc) is 3.13. The zero-order chi connectivity index (χ0) is 16.8. The number of aliphatic hydroxyl groups excluding tert-OH is 1. The van der Waals surface area contributed by atoms with E-state index in [-0.39, 0.29) is 18.3 Å². The molecule has 0 bridgehead atoms. The highest BCUT2D eigenvalue weighted by Crippen LogP contribution is 2.37. The van der Waals surface area contributed by atoms with Crippen LogP contribution in [0.4, 0.5) is 0 Å². The first-order chi connectivity index (χ1) is 11.5. The van der Waals surface area contributed by atoms with Crippen LogP contribution < -0.4 is 5.32 Å². The summed E-state index contributed by atoms with van der Waals surface area (Å²) in [4.78, 5) is 23.7. The molecule has 1 atom stereocenters. The van der Waals surface area contributed by atoms with E-state index in [1.54, 1.807) is 22.8 Å². The van der Waals surface area contributed by atoms with Gasteiger partial charge in [-0.05, 0) is 45.1 Å². The first-order valence-corrected chi connectivity index (χ1v) is 9.00. The van der Waals surface area contributed by atoms with Crippen molar-refractivity contribution in [1.29, 1.82) is 0 Å². The third-order valence-corrected chi connectivity index (χ3v) is 5.50. The van der Waals surface area contributed by atoms with Gasteiger partial charge in [0.05, 0.1) is 11.5 Å². The number of carbonyl (C=O) groups is 1. The number of aromatic nitrogens is 4. The smallest absolute Gasteiger partial charge is 0.291 e. The van der Waals surface area contributed by atoms with E-state index in [2.05, 4.69) is 20.4 Å². The summed E-state index contributed by atoms with van der Waals surface area (Å²) in [7, 11) is 0. The second-order valence-electron chi connectivity index (χ2n) is 6.28.